The number of rotatable bonds is 7. The standard InChI is InChI=1S/C60H39NO/c1-3-13-40(14-4-1)43-25-31-49(32-26-43)61(50-33-27-44(28-34-50)41-15-5-2-6-16-41)51-35-29-45(30-36-51)48-38-56(47-24-23-42-17-7-8-18-46(42)37-47)58-57(39-48)62-60-55-22-12-10-20-53(55)52-19-9-11-21-54(52)59(58)60/h1-39H. The van der Waals surface area contributed by atoms with Crippen molar-refractivity contribution >= 4 is 71.3 Å². The van der Waals surface area contributed by atoms with Crippen LogP contribution in [0.5, 0.6) is 0 Å². The molecule has 1 heterocycles. The van der Waals surface area contributed by atoms with Gasteiger partial charge in [0.05, 0.1) is 0 Å². The highest BCUT2D eigenvalue weighted by atomic mass is 16.3. The van der Waals surface area contributed by atoms with E-state index in [1.807, 2.05) is 0 Å². The van der Waals surface area contributed by atoms with E-state index in [4.69, 9.17) is 4.42 Å². The maximum atomic E-state index is 7.04. The van der Waals surface area contributed by atoms with Crippen LogP contribution in [0.3, 0.4) is 0 Å². The van der Waals surface area contributed by atoms with E-state index in [0.29, 0.717) is 0 Å². The Kier molecular flexibility index (Phi) is 8.53. The second kappa shape index (κ2) is 14.8. The van der Waals surface area contributed by atoms with Gasteiger partial charge in [-0.15, -0.1) is 0 Å². The van der Waals surface area contributed by atoms with E-state index in [9.17, 15) is 0 Å². The first-order valence-electron chi connectivity index (χ1n) is 21.2. The molecule has 0 saturated carbocycles. The molecule has 0 bridgehead atoms. The second-order valence-corrected chi connectivity index (χ2v) is 16.1. The monoisotopic (exact) mass is 789 g/mol. The summed E-state index contributed by atoms with van der Waals surface area (Å²) in [6.45, 7) is 0. The maximum absolute atomic E-state index is 7.04. The predicted molar refractivity (Wildman–Crippen MR) is 263 cm³/mol. The predicted octanol–water partition coefficient (Wildman–Crippen LogP) is 17.2. The summed E-state index contributed by atoms with van der Waals surface area (Å²) in [6.07, 6.45) is 0. The van der Waals surface area contributed by atoms with Gasteiger partial charge in [-0.3, -0.25) is 0 Å². The van der Waals surface area contributed by atoms with Gasteiger partial charge in [-0.25, -0.2) is 0 Å². The quantitative estimate of drug-likeness (QED) is 0.150. The smallest absolute Gasteiger partial charge is 0.143 e. The average Bonchev–Trinajstić information content (AvgIpc) is 3.75. The summed E-state index contributed by atoms with van der Waals surface area (Å²) in [5.74, 6) is 0. The summed E-state index contributed by atoms with van der Waals surface area (Å²) >= 11 is 0. The molecule has 0 saturated heterocycles. The van der Waals surface area contributed by atoms with Crippen LogP contribution in [-0.4, -0.2) is 0 Å². The Bertz CT molecular complexity index is 3510. The molecule has 0 atom stereocenters. The second-order valence-electron chi connectivity index (χ2n) is 16.1. The van der Waals surface area contributed by atoms with Crippen molar-refractivity contribution in [2.75, 3.05) is 4.90 Å². The van der Waals surface area contributed by atoms with Crippen LogP contribution in [0.15, 0.2) is 241 Å². The summed E-state index contributed by atoms with van der Waals surface area (Å²) in [5.41, 5.74) is 14.4. The zero-order chi connectivity index (χ0) is 41.0. The van der Waals surface area contributed by atoms with Gasteiger partial charge in [0.15, 0.2) is 0 Å². The van der Waals surface area contributed by atoms with E-state index in [1.54, 1.807) is 0 Å². The van der Waals surface area contributed by atoms with Crippen molar-refractivity contribution in [1.29, 1.82) is 0 Å². The molecule has 0 aliphatic heterocycles. The van der Waals surface area contributed by atoms with E-state index >= 15 is 0 Å². The number of furan rings is 1. The fourth-order valence-electron chi connectivity index (χ4n) is 9.40. The zero-order valence-electron chi connectivity index (χ0n) is 33.9. The van der Waals surface area contributed by atoms with Crippen molar-refractivity contribution < 1.29 is 4.42 Å². The molecule has 0 aliphatic rings. The summed E-state index contributed by atoms with van der Waals surface area (Å²) in [5, 5.41) is 9.50. The molecule has 0 spiro atoms. The van der Waals surface area contributed by atoms with Gasteiger partial charge in [-0.05, 0) is 126 Å². The summed E-state index contributed by atoms with van der Waals surface area (Å²) in [4.78, 5) is 2.34. The first-order chi connectivity index (χ1) is 30.7. The SMILES string of the molecule is c1ccc(-c2ccc(N(c3ccc(-c4ccccc4)cc3)c3ccc(-c4cc(-c5ccc6ccccc6c5)c5c(c4)oc4c6ccccc6c6ccccc6c45)cc3)cc2)cc1. The molecule has 12 aromatic rings. The van der Waals surface area contributed by atoms with Crippen LogP contribution >= 0.6 is 0 Å². The number of hydrogen-bond acceptors (Lipinski definition) is 2. The number of fused-ring (bicyclic) bond motifs is 9. The van der Waals surface area contributed by atoms with Crippen LogP contribution in [0, 0.1) is 0 Å². The lowest BCUT2D eigenvalue weighted by Crippen LogP contribution is -2.09. The Balaban J connectivity index is 1.02. The van der Waals surface area contributed by atoms with Gasteiger partial charge >= 0.3 is 0 Å². The normalized spacial score (nSPS) is 11.5. The number of anilines is 3. The molecular formula is C60H39NO. The van der Waals surface area contributed by atoms with Crippen molar-refractivity contribution in [3.05, 3.63) is 237 Å². The van der Waals surface area contributed by atoms with Crippen LogP contribution in [0.1, 0.15) is 0 Å². The highest BCUT2D eigenvalue weighted by Crippen LogP contribution is 2.47. The Morgan fingerprint density at radius 1 is 0.274 bits per heavy atom. The van der Waals surface area contributed by atoms with Crippen molar-refractivity contribution in [3.63, 3.8) is 0 Å². The van der Waals surface area contributed by atoms with Gasteiger partial charge in [-0.1, -0.05) is 182 Å². The lowest BCUT2D eigenvalue weighted by atomic mass is 9.91. The van der Waals surface area contributed by atoms with Gasteiger partial charge in [0, 0.05) is 33.2 Å². The van der Waals surface area contributed by atoms with Gasteiger partial charge in [0.2, 0.25) is 0 Å². The highest BCUT2D eigenvalue weighted by Gasteiger charge is 2.21. The molecule has 0 aliphatic carbocycles. The van der Waals surface area contributed by atoms with E-state index in [2.05, 4.69) is 241 Å². The lowest BCUT2D eigenvalue weighted by molar-refractivity contribution is 0.673. The van der Waals surface area contributed by atoms with E-state index in [0.717, 1.165) is 66.6 Å². The fourth-order valence-corrected chi connectivity index (χ4v) is 9.40. The molecular weight excluding hydrogens is 751 g/mol. The molecule has 0 amide bonds. The van der Waals surface area contributed by atoms with Gasteiger partial charge in [0.25, 0.3) is 0 Å². The summed E-state index contributed by atoms with van der Waals surface area (Å²) in [6, 6.07) is 85.2. The van der Waals surface area contributed by atoms with Crippen LogP contribution in [0.25, 0.3) is 98.8 Å². The van der Waals surface area contributed by atoms with Crippen LogP contribution in [0.4, 0.5) is 17.1 Å². The van der Waals surface area contributed by atoms with E-state index < -0.39 is 0 Å². The Hall–Kier alpha value is -8.20. The molecule has 1 aromatic heterocycles. The zero-order valence-corrected chi connectivity index (χ0v) is 33.9. The van der Waals surface area contributed by atoms with Gasteiger partial charge < -0.3 is 9.32 Å². The lowest BCUT2D eigenvalue weighted by Gasteiger charge is -2.26. The first kappa shape index (κ1) is 35.7. The number of nitrogens with zero attached hydrogens (tertiary/aromatic N) is 1. The Morgan fingerprint density at radius 3 is 1.29 bits per heavy atom. The van der Waals surface area contributed by atoms with Crippen molar-refractivity contribution in [2.24, 2.45) is 0 Å². The number of hydrogen-bond donors (Lipinski definition) is 0. The van der Waals surface area contributed by atoms with E-state index in [-0.39, 0.29) is 0 Å². The minimum absolute atomic E-state index is 0.880. The molecule has 12 rings (SSSR count). The third-order valence-corrected chi connectivity index (χ3v) is 12.4. The van der Waals surface area contributed by atoms with Crippen LogP contribution in [0.2, 0.25) is 0 Å². The van der Waals surface area contributed by atoms with Crippen molar-refractivity contribution in [3.8, 4) is 44.5 Å². The van der Waals surface area contributed by atoms with Crippen LogP contribution in [-0.2, 0) is 0 Å². The van der Waals surface area contributed by atoms with Gasteiger partial charge in [0.1, 0.15) is 11.2 Å². The average molecular weight is 790 g/mol. The third kappa shape index (κ3) is 6.12. The minimum atomic E-state index is 0.880. The molecule has 11 aromatic carbocycles. The largest absolute Gasteiger partial charge is 0.455 e. The molecule has 2 heteroatoms. The van der Waals surface area contributed by atoms with Gasteiger partial charge in [-0.2, -0.15) is 0 Å². The number of benzene rings is 11. The molecule has 0 unspecified atom stereocenters. The topological polar surface area (TPSA) is 16.4 Å². The highest BCUT2D eigenvalue weighted by molar-refractivity contribution is 6.32. The third-order valence-electron chi connectivity index (χ3n) is 12.4. The molecule has 0 N–H and O–H groups in total. The Morgan fingerprint density at radius 2 is 0.710 bits per heavy atom. The van der Waals surface area contributed by atoms with Crippen molar-refractivity contribution in [2.45, 2.75) is 0 Å². The Labute approximate surface area is 360 Å². The van der Waals surface area contributed by atoms with Crippen molar-refractivity contribution in [1.82, 2.24) is 0 Å². The summed E-state index contributed by atoms with van der Waals surface area (Å²) in [7, 11) is 0. The van der Waals surface area contributed by atoms with E-state index in [1.165, 1.54) is 49.2 Å². The summed E-state index contributed by atoms with van der Waals surface area (Å²) < 4.78 is 7.04. The van der Waals surface area contributed by atoms with Crippen LogP contribution < -0.4 is 4.90 Å². The molecule has 0 fully saturated rings. The molecule has 290 valence electrons. The first-order valence-corrected chi connectivity index (χ1v) is 21.2. The fraction of sp³-hybridized carbons (Fsp3) is 0. The minimum Gasteiger partial charge on any atom is -0.455 e. The molecule has 2 nitrogen and oxygen atoms in total. The molecule has 0 radical (unpaired) electrons. The molecule has 62 heavy (non-hydrogen) atoms. The maximum Gasteiger partial charge on any atom is 0.143 e.